The number of nitrogens with two attached hydrogens (primary N) is 1. The monoisotopic (exact) mass is 322 g/mol. The number of anilines is 2. The number of fused-ring (bicyclic) bond motifs is 1. The highest BCUT2D eigenvalue weighted by Gasteiger charge is 2.16. The molecule has 0 aliphatic carbocycles. The first-order valence-corrected chi connectivity index (χ1v) is 7.79. The number of carbonyl (C=O) groups is 1. The maximum atomic E-state index is 12.5. The third kappa shape index (κ3) is 2.74. The highest BCUT2D eigenvalue weighted by atomic mass is 32.1. The summed E-state index contributed by atoms with van der Waals surface area (Å²) in [5, 5.41) is 12.6. The quantitative estimate of drug-likeness (QED) is 0.753. The van der Waals surface area contributed by atoms with Gasteiger partial charge in [-0.1, -0.05) is 17.7 Å². The molecule has 0 spiro atoms. The van der Waals surface area contributed by atoms with E-state index in [9.17, 15) is 4.79 Å². The van der Waals surface area contributed by atoms with Gasteiger partial charge >= 0.3 is 0 Å². The highest BCUT2D eigenvalue weighted by Crippen LogP contribution is 2.33. The van der Waals surface area contributed by atoms with Gasteiger partial charge in [-0.05, 0) is 32.0 Å². The Hall–Kier alpha value is -2.91. The third-order valence-corrected chi connectivity index (χ3v) is 4.59. The van der Waals surface area contributed by atoms with Crippen LogP contribution in [0.4, 0.5) is 11.4 Å². The molecule has 6 heteroatoms. The van der Waals surface area contributed by atoms with Gasteiger partial charge in [0.25, 0.3) is 5.91 Å². The van der Waals surface area contributed by atoms with Crippen LogP contribution in [0.15, 0.2) is 30.3 Å². The predicted molar refractivity (Wildman–Crippen MR) is 92.6 cm³/mol. The smallest absolute Gasteiger partial charge is 0.257 e. The van der Waals surface area contributed by atoms with Gasteiger partial charge < -0.3 is 11.1 Å². The first kappa shape index (κ1) is 15.0. The molecule has 3 N–H and O–H groups in total. The Balaban J connectivity index is 2.00. The summed E-state index contributed by atoms with van der Waals surface area (Å²) in [7, 11) is 0. The molecule has 0 unspecified atom stereocenters. The second-order valence-electron chi connectivity index (χ2n) is 5.25. The number of nitrogen functional groups attached to an aromatic ring is 1. The lowest BCUT2D eigenvalue weighted by molar-refractivity contribution is 0.102. The molecule has 23 heavy (non-hydrogen) atoms. The maximum absolute atomic E-state index is 12.5. The number of aromatic nitrogens is 1. The molecule has 0 saturated heterocycles. The van der Waals surface area contributed by atoms with E-state index in [0.29, 0.717) is 32.0 Å². The van der Waals surface area contributed by atoms with Crippen molar-refractivity contribution in [1.29, 1.82) is 5.26 Å². The molecule has 0 aliphatic heterocycles. The second kappa shape index (κ2) is 5.71. The Morgan fingerprint density at radius 3 is 2.65 bits per heavy atom. The van der Waals surface area contributed by atoms with Crippen LogP contribution in [0.1, 0.15) is 26.5 Å². The summed E-state index contributed by atoms with van der Waals surface area (Å²) in [6.45, 7) is 3.76. The zero-order valence-corrected chi connectivity index (χ0v) is 13.5. The number of nitriles is 1. The Bertz CT molecular complexity index is 951. The van der Waals surface area contributed by atoms with Gasteiger partial charge in [-0.3, -0.25) is 4.79 Å². The number of aryl methyl sites for hydroxylation is 2. The van der Waals surface area contributed by atoms with Crippen LogP contribution in [0.2, 0.25) is 0 Å². The molecule has 2 aromatic heterocycles. The van der Waals surface area contributed by atoms with E-state index in [2.05, 4.69) is 16.4 Å². The number of hydrogen-bond donors (Lipinski definition) is 2. The molecule has 3 rings (SSSR count). The number of hydrogen-bond acceptors (Lipinski definition) is 5. The average Bonchev–Trinajstić information content (AvgIpc) is 2.84. The van der Waals surface area contributed by atoms with Crippen LogP contribution >= 0.6 is 11.3 Å². The van der Waals surface area contributed by atoms with Crippen molar-refractivity contribution in [2.45, 2.75) is 13.8 Å². The van der Waals surface area contributed by atoms with Crippen LogP contribution in [-0.4, -0.2) is 10.9 Å². The van der Waals surface area contributed by atoms with E-state index in [1.165, 1.54) is 11.3 Å². The van der Waals surface area contributed by atoms with Crippen molar-refractivity contribution in [2.24, 2.45) is 0 Å². The predicted octanol–water partition coefficient (Wildman–Crippen LogP) is 3.62. The molecule has 0 atom stereocenters. The Kier molecular flexibility index (Phi) is 3.72. The molecule has 114 valence electrons. The number of nitrogens with zero attached hydrogens (tertiary/aromatic N) is 2. The van der Waals surface area contributed by atoms with Gasteiger partial charge in [0.15, 0.2) is 0 Å². The van der Waals surface area contributed by atoms with E-state index in [1.807, 2.05) is 31.2 Å². The van der Waals surface area contributed by atoms with Gasteiger partial charge in [0.1, 0.15) is 15.8 Å². The van der Waals surface area contributed by atoms with Crippen LogP contribution in [-0.2, 0) is 0 Å². The lowest BCUT2D eigenvalue weighted by atomic mass is 10.1. The molecule has 0 aliphatic rings. The van der Waals surface area contributed by atoms with Gasteiger partial charge in [0, 0.05) is 11.1 Å². The van der Waals surface area contributed by atoms with Crippen molar-refractivity contribution in [3.05, 3.63) is 52.0 Å². The van der Waals surface area contributed by atoms with Gasteiger partial charge in [-0.25, -0.2) is 4.98 Å². The fourth-order valence-corrected chi connectivity index (χ4v) is 3.20. The van der Waals surface area contributed by atoms with Crippen molar-refractivity contribution in [3.63, 3.8) is 0 Å². The summed E-state index contributed by atoms with van der Waals surface area (Å²) in [6, 6.07) is 11.3. The summed E-state index contributed by atoms with van der Waals surface area (Å²) >= 11 is 1.24. The van der Waals surface area contributed by atoms with Crippen molar-refractivity contribution in [3.8, 4) is 6.07 Å². The topological polar surface area (TPSA) is 91.8 Å². The zero-order chi connectivity index (χ0) is 16.6. The summed E-state index contributed by atoms with van der Waals surface area (Å²) in [5.74, 6) is -0.245. The molecule has 0 bridgehead atoms. The van der Waals surface area contributed by atoms with Crippen LogP contribution in [0.5, 0.6) is 0 Å². The Morgan fingerprint density at radius 1 is 1.30 bits per heavy atom. The highest BCUT2D eigenvalue weighted by molar-refractivity contribution is 7.19. The van der Waals surface area contributed by atoms with Crippen molar-refractivity contribution >= 4 is 38.8 Å². The van der Waals surface area contributed by atoms with E-state index in [0.717, 1.165) is 11.3 Å². The lowest BCUT2D eigenvalue weighted by Gasteiger charge is -2.08. The molecule has 5 nitrogen and oxygen atoms in total. The average molecular weight is 322 g/mol. The second-order valence-corrected chi connectivity index (χ2v) is 6.25. The molecular weight excluding hydrogens is 308 g/mol. The maximum Gasteiger partial charge on any atom is 0.257 e. The van der Waals surface area contributed by atoms with Gasteiger partial charge in [0.05, 0.1) is 16.9 Å². The molecule has 3 aromatic rings. The Labute approximate surface area is 137 Å². The first-order chi connectivity index (χ1) is 11.0. The number of carbonyl (C=O) groups excluding carboxylic acids is 1. The van der Waals surface area contributed by atoms with Gasteiger partial charge in [0.2, 0.25) is 0 Å². The molecule has 1 aromatic carbocycles. The van der Waals surface area contributed by atoms with E-state index in [-0.39, 0.29) is 5.91 Å². The standard InChI is InChI=1S/C17H14N4OS/c1-9-3-5-11(6-4-9)21-16(22)12-7-13-15(19)14(8-18)23-17(13)20-10(12)2/h3-7H,19H2,1-2H3,(H,21,22). The minimum Gasteiger partial charge on any atom is -0.396 e. The minimum absolute atomic E-state index is 0.245. The fraction of sp³-hybridized carbons (Fsp3) is 0.118. The van der Waals surface area contributed by atoms with E-state index >= 15 is 0 Å². The summed E-state index contributed by atoms with van der Waals surface area (Å²) in [4.78, 5) is 18.0. The number of amides is 1. The van der Waals surface area contributed by atoms with Crippen LogP contribution in [0, 0.1) is 25.2 Å². The number of nitrogens with one attached hydrogen (secondary N) is 1. The zero-order valence-electron chi connectivity index (χ0n) is 12.7. The number of pyridine rings is 1. The van der Waals surface area contributed by atoms with Crippen LogP contribution in [0.3, 0.4) is 0 Å². The molecule has 0 saturated carbocycles. The lowest BCUT2D eigenvalue weighted by Crippen LogP contribution is -2.14. The SMILES string of the molecule is Cc1ccc(NC(=O)c2cc3c(N)c(C#N)sc3nc2C)cc1. The number of benzene rings is 1. The van der Waals surface area contributed by atoms with Crippen molar-refractivity contribution < 1.29 is 4.79 Å². The normalized spacial score (nSPS) is 10.5. The molecule has 0 radical (unpaired) electrons. The summed E-state index contributed by atoms with van der Waals surface area (Å²) < 4.78 is 0. The summed E-state index contributed by atoms with van der Waals surface area (Å²) in [6.07, 6.45) is 0. The van der Waals surface area contributed by atoms with Crippen LogP contribution in [0.25, 0.3) is 10.2 Å². The molecule has 1 amide bonds. The van der Waals surface area contributed by atoms with Crippen molar-refractivity contribution in [1.82, 2.24) is 4.98 Å². The number of rotatable bonds is 2. The molecule has 2 heterocycles. The third-order valence-electron chi connectivity index (χ3n) is 3.57. The van der Waals surface area contributed by atoms with Gasteiger partial charge in [-0.15, -0.1) is 11.3 Å². The van der Waals surface area contributed by atoms with Crippen molar-refractivity contribution in [2.75, 3.05) is 11.1 Å². The summed E-state index contributed by atoms with van der Waals surface area (Å²) in [5.41, 5.74) is 9.23. The van der Waals surface area contributed by atoms with E-state index < -0.39 is 0 Å². The van der Waals surface area contributed by atoms with Crippen LogP contribution < -0.4 is 11.1 Å². The van der Waals surface area contributed by atoms with E-state index in [4.69, 9.17) is 11.0 Å². The Morgan fingerprint density at radius 2 is 2.00 bits per heavy atom. The largest absolute Gasteiger partial charge is 0.396 e. The first-order valence-electron chi connectivity index (χ1n) is 6.97. The fourth-order valence-electron chi connectivity index (χ4n) is 2.28. The minimum atomic E-state index is -0.245. The molecule has 0 fully saturated rings. The number of thiophene rings is 1. The van der Waals surface area contributed by atoms with Gasteiger partial charge in [-0.2, -0.15) is 5.26 Å². The van der Waals surface area contributed by atoms with E-state index in [1.54, 1.807) is 13.0 Å². The molecular formula is C17H14N4OS.